The summed E-state index contributed by atoms with van der Waals surface area (Å²) in [6.45, 7) is 0.838. The van der Waals surface area contributed by atoms with E-state index in [0.29, 0.717) is 85.8 Å². The summed E-state index contributed by atoms with van der Waals surface area (Å²) >= 11 is 0. The minimum Gasteiger partial charge on any atom is -0.508 e. The third kappa shape index (κ3) is 8.88. The number of hydrogen-bond donors (Lipinski definition) is 5. The van der Waals surface area contributed by atoms with Crippen LogP contribution in [0.4, 0.5) is 17.6 Å². The lowest BCUT2D eigenvalue weighted by Crippen LogP contribution is -2.31. The number of phenols is 3. The number of rotatable bonds is 11. The predicted molar refractivity (Wildman–Crippen MR) is 271 cm³/mol. The molecule has 5 N–H and O–H groups in total. The summed E-state index contributed by atoms with van der Waals surface area (Å²) in [4.78, 5) is 16.8. The van der Waals surface area contributed by atoms with Crippen LogP contribution in [-0.4, -0.2) is 74.4 Å². The molecule has 7 heterocycles. The summed E-state index contributed by atoms with van der Waals surface area (Å²) in [5.74, 6) is -8.25. The second-order valence-electron chi connectivity index (χ2n) is 18.1. The Bertz CT molecular complexity index is 3690. The Balaban J connectivity index is 0.997. The first-order valence-electron chi connectivity index (χ1n) is 23.6. The maximum Gasteiger partial charge on any atom is 0.204 e. The molecule has 4 aliphatic rings. The molecule has 2 fully saturated rings. The Hall–Kier alpha value is -8.70. The molecular weight excluding hydrogens is 957 g/mol. The van der Waals surface area contributed by atoms with E-state index in [2.05, 4.69) is 9.97 Å². The molecule has 0 spiro atoms. The Kier molecular flexibility index (Phi) is 11.9. The topological polar surface area (TPSA) is 168 Å². The van der Waals surface area contributed by atoms with E-state index in [1.807, 2.05) is 12.1 Å². The van der Waals surface area contributed by atoms with Gasteiger partial charge in [0.1, 0.15) is 35.7 Å². The average molecular weight is 999 g/mol. The van der Waals surface area contributed by atoms with Crippen molar-refractivity contribution in [3.05, 3.63) is 173 Å². The molecule has 370 valence electrons. The fourth-order valence-electron chi connectivity index (χ4n) is 9.43. The molecule has 0 amide bonds. The summed E-state index contributed by atoms with van der Waals surface area (Å²) in [5, 5.41) is 32.1. The molecule has 2 saturated heterocycles. The van der Waals surface area contributed by atoms with Crippen molar-refractivity contribution in [1.82, 2.24) is 19.9 Å². The predicted octanol–water partition coefficient (Wildman–Crippen LogP) is 12.5. The number of H-pyrrole nitrogens is 2. The fraction of sp³-hybridized carbons (Fsp3) is 0.138. The average Bonchev–Trinajstić information content (AvgIpc) is 3.84. The second-order valence-corrected chi connectivity index (χ2v) is 18.1. The molecule has 5 aromatic carbocycles. The Morgan fingerprint density at radius 1 is 0.473 bits per heavy atom. The van der Waals surface area contributed by atoms with Gasteiger partial charge in [0.25, 0.3) is 0 Å². The number of aromatic nitrogens is 4. The zero-order valence-electron chi connectivity index (χ0n) is 38.9. The number of fused-ring (bicyclic) bond motifs is 8. The maximum atomic E-state index is 17.0. The summed E-state index contributed by atoms with van der Waals surface area (Å²) in [6, 6.07) is 33.5. The van der Waals surface area contributed by atoms with Crippen LogP contribution in [0.2, 0.25) is 0 Å². The summed E-state index contributed by atoms with van der Waals surface area (Å²) in [5.41, 5.74) is 5.04. The lowest BCUT2D eigenvalue weighted by Gasteiger charge is -2.29. The number of benzene rings is 5. The number of aromatic amines is 2. The quantitative estimate of drug-likeness (QED) is 0.0478. The third-order valence-electron chi connectivity index (χ3n) is 13.1. The van der Waals surface area contributed by atoms with Crippen molar-refractivity contribution in [2.45, 2.75) is 12.4 Å². The van der Waals surface area contributed by atoms with Gasteiger partial charge in [-0.25, -0.2) is 18.7 Å². The normalized spacial score (nSPS) is 16.9. The van der Waals surface area contributed by atoms with E-state index >= 15 is 17.6 Å². The third-order valence-corrected chi connectivity index (χ3v) is 13.1. The molecule has 4 aliphatic heterocycles. The van der Waals surface area contributed by atoms with Crippen LogP contribution in [0, 0.1) is 29.2 Å². The number of nitrogens with one attached hydrogen (secondary N) is 2. The van der Waals surface area contributed by atoms with Crippen molar-refractivity contribution in [2.24, 2.45) is 5.92 Å². The number of halogens is 4. The van der Waals surface area contributed by atoms with Crippen molar-refractivity contribution in [1.29, 1.82) is 0 Å². The van der Waals surface area contributed by atoms with Crippen LogP contribution in [-0.2, 0) is 14.2 Å². The van der Waals surface area contributed by atoms with Crippen LogP contribution in [0.1, 0.15) is 34.6 Å². The molecule has 8 bridgehead atoms. The maximum absolute atomic E-state index is 17.0. The molecule has 12 rings (SSSR count). The van der Waals surface area contributed by atoms with E-state index in [1.54, 1.807) is 97.1 Å². The van der Waals surface area contributed by atoms with Gasteiger partial charge in [-0.1, -0.05) is 48.5 Å². The van der Waals surface area contributed by atoms with E-state index in [0.717, 1.165) is 0 Å². The highest BCUT2D eigenvalue weighted by molar-refractivity contribution is 6.00. The molecule has 74 heavy (non-hydrogen) atoms. The lowest BCUT2D eigenvalue weighted by atomic mass is 10.0. The Morgan fingerprint density at radius 3 is 1.34 bits per heavy atom. The SMILES string of the molecule is Oc1cccc(-c2c3nc(c(-c4cccc(O)c4)c4ccc([nH]4)c(-c4c(F)c(F)c(OCC5COC(c6ccc(OCC7CO7)cc6)OC5)c(F)c4F)c4nc(c(-c5cccc(O)c5)c5ccc2[nH]5)C=C4)C=C3)c1. The first kappa shape index (κ1) is 46.4. The minimum atomic E-state index is -1.77. The van der Waals surface area contributed by atoms with Gasteiger partial charge in [-0.15, -0.1) is 0 Å². The number of phenolic OH excluding ortho intramolecular Hbond substituents is 3. The van der Waals surface area contributed by atoms with Gasteiger partial charge in [0.05, 0.1) is 54.8 Å². The standard InChI is InChI=1S/C58H42F4N4O8/c59-53-52(54(60)56(62)57(55(53)61)72-25-30-26-73-58(74-27-30)31-10-12-38(13-11-31)70-28-39-29-71-39)51-46-20-18-44(65-46)49(33-5-2-8-36(68)23-33)42-16-14-40(63-42)48(32-4-1-7-35(67)22-32)41-15-17-43(64-41)50(45-19-21-47(51)66-45)34-6-3-9-37(69)24-34/h1-24,30,39,58,63,66-69H,25-29H2. The van der Waals surface area contributed by atoms with Gasteiger partial charge >= 0.3 is 0 Å². The smallest absolute Gasteiger partial charge is 0.204 e. The highest BCUT2D eigenvalue weighted by Crippen LogP contribution is 2.43. The van der Waals surface area contributed by atoms with Crippen LogP contribution >= 0.6 is 0 Å². The fourth-order valence-corrected chi connectivity index (χ4v) is 9.43. The molecule has 0 saturated carbocycles. The molecule has 3 aromatic heterocycles. The van der Waals surface area contributed by atoms with Gasteiger partial charge in [0.15, 0.2) is 23.7 Å². The molecular formula is C58H42F4N4O8. The van der Waals surface area contributed by atoms with E-state index in [-0.39, 0.29) is 59.0 Å². The number of ether oxygens (including phenoxy) is 5. The summed E-state index contributed by atoms with van der Waals surface area (Å²) in [6.07, 6.45) is 6.02. The van der Waals surface area contributed by atoms with Crippen LogP contribution < -0.4 is 9.47 Å². The van der Waals surface area contributed by atoms with Crippen LogP contribution in [0.3, 0.4) is 0 Å². The van der Waals surface area contributed by atoms with E-state index in [4.69, 9.17) is 33.7 Å². The number of epoxide rings is 1. The minimum absolute atomic E-state index is 0.0144. The first-order valence-corrected chi connectivity index (χ1v) is 23.6. The number of aromatic hydroxyl groups is 3. The van der Waals surface area contributed by atoms with Crippen LogP contribution in [0.15, 0.2) is 121 Å². The zero-order valence-corrected chi connectivity index (χ0v) is 38.9. The van der Waals surface area contributed by atoms with E-state index in [1.165, 1.54) is 36.4 Å². The van der Waals surface area contributed by atoms with Gasteiger partial charge in [0, 0.05) is 55.8 Å². The number of hydrogen-bond acceptors (Lipinski definition) is 10. The summed E-state index contributed by atoms with van der Waals surface area (Å²) in [7, 11) is 0. The molecule has 16 heteroatoms. The van der Waals surface area contributed by atoms with E-state index in [9.17, 15) is 15.3 Å². The van der Waals surface area contributed by atoms with Gasteiger partial charge in [-0.3, -0.25) is 0 Å². The van der Waals surface area contributed by atoms with Gasteiger partial charge < -0.3 is 49.0 Å². The zero-order chi connectivity index (χ0) is 50.6. The molecule has 8 aromatic rings. The molecule has 1 unspecified atom stereocenters. The van der Waals surface area contributed by atoms with Gasteiger partial charge in [0.2, 0.25) is 11.6 Å². The Morgan fingerprint density at radius 2 is 0.905 bits per heavy atom. The van der Waals surface area contributed by atoms with Crippen LogP contribution in [0.25, 0.3) is 90.9 Å². The molecule has 0 aliphatic carbocycles. The van der Waals surface area contributed by atoms with E-state index < -0.39 is 53.4 Å². The van der Waals surface area contributed by atoms with Gasteiger partial charge in [-0.2, -0.15) is 8.78 Å². The highest BCUT2D eigenvalue weighted by atomic mass is 19.2. The van der Waals surface area contributed by atoms with Crippen LogP contribution in [0.5, 0.6) is 28.7 Å². The number of nitrogens with zero attached hydrogens (tertiary/aromatic N) is 2. The summed E-state index contributed by atoms with van der Waals surface area (Å²) < 4.78 is 95.3. The van der Waals surface area contributed by atoms with Crippen molar-refractivity contribution in [2.75, 3.05) is 33.0 Å². The first-order chi connectivity index (χ1) is 36.0. The van der Waals surface area contributed by atoms with Crippen molar-refractivity contribution in [3.63, 3.8) is 0 Å². The Labute approximate surface area is 419 Å². The monoisotopic (exact) mass is 998 g/mol. The molecule has 12 nitrogen and oxygen atoms in total. The second kappa shape index (κ2) is 19.0. The van der Waals surface area contributed by atoms with Crippen molar-refractivity contribution in [3.8, 4) is 73.3 Å². The van der Waals surface area contributed by atoms with Gasteiger partial charge in [-0.05, 0) is 114 Å². The molecule has 1 atom stereocenters. The molecule has 0 radical (unpaired) electrons. The van der Waals surface area contributed by atoms with Crippen molar-refractivity contribution >= 4 is 46.4 Å². The highest BCUT2D eigenvalue weighted by Gasteiger charge is 2.32. The largest absolute Gasteiger partial charge is 0.508 e. The van der Waals surface area contributed by atoms with Crippen molar-refractivity contribution < 1.29 is 56.6 Å². The lowest BCUT2D eigenvalue weighted by molar-refractivity contribution is -0.208.